The first-order valence-electron chi connectivity index (χ1n) is 5.07. The molecule has 0 aliphatic rings. The highest BCUT2D eigenvalue weighted by Crippen LogP contribution is 2.29. The predicted molar refractivity (Wildman–Crippen MR) is 72.5 cm³/mol. The van der Waals surface area contributed by atoms with Crippen molar-refractivity contribution >= 4 is 22.0 Å². The van der Waals surface area contributed by atoms with Crippen molar-refractivity contribution in [3.05, 3.63) is 46.5 Å². The van der Waals surface area contributed by atoms with Gasteiger partial charge in [-0.3, -0.25) is 0 Å². The Morgan fingerprint density at radius 2 is 2.31 bits per heavy atom. The van der Waals surface area contributed by atoms with Crippen LogP contribution in [0, 0.1) is 0 Å². The highest BCUT2D eigenvalue weighted by Gasteiger charge is 2.04. The van der Waals surface area contributed by atoms with Gasteiger partial charge in [-0.15, -0.1) is 0 Å². The average Bonchev–Trinajstić information content (AvgIpc) is 2.26. The molecule has 0 aliphatic heterocycles. The van der Waals surface area contributed by atoms with Crippen LogP contribution in [0.2, 0.25) is 0 Å². The zero-order valence-corrected chi connectivity index (χ0v) is 11.0. The minimum absolute atomic E-state index is 0.530. The molecule has 3 heteroatoms. The van der Waals surface area contributed by atoms with Gasteiger partial charge < -0.3 is 10.5 Å². The number of nitrogens with two attached hydrogens (primary N) is 1. The second-order valence-corrected chi connectivity index (χ2v) is 4.34. The Balaban J connectivity index is 2.86. The molecule has 0 aliphatic carbocycles. The molecule has 0 bridgehead atoms. The van der Waals surface area contributed by atoms with Gasteiger partial charge in [0.05, 0.1) is 4.47 Å². The summed E-state index contributed by atoms with van der Waals surface area (Å²) in [6, 6.07) is 5.88. The first-order chi connectivity index (χ1) is 7.65. The summed E-state index contributed by atoms with van der Waals surface area (Å²) in [6.07, 6.45) is 3.88. The molecule has 0 aromatic heterocycles. The van der Waals surface area contributed by atoms with Crippen LogP contribution in [0.5, 0.6) is 5.75 Å². The molecule has 0 fully saturated rings. The lowest BCUT2D eigenvalue weighted by Crippen LogP contribution is -1.98. The zero-order valence-electron chi connectivity index (χ0n) is 9.37. The Morgan fingerprint density at radius 1 is 1.56 bits per heavy atom. The minimum Gasteiger partial charge on any atom is -0.488 e. The molecule has 0 radical (unpaired) electrons. The highest BCUT2D eigenvalue weighted by molar-refractivity contribution is 9.10. The van der Waals surface area contributed by atoms with Crippen LogP contribution in [-0.2, 0) is 0 Å². The van der Waals surface area contributed by atoms with Gasteiger partial charge in [0.25, 0.3) is 0 Å². The van der Waals surface area contributed by atoms with Crippen molar-refractivity contribution in [1.29, 1.82) is 0 Å². The number of rotatable bonds is 5. The molecule has 0 saturated carbocycles. The van der Waals surface area contributed by atoms with Gasteiger partial charge in [0.15, 0.2) is 0 Å². The molecule has 1 aromatic carbocycles. The Hall–Kier alpha value is -1.06. The van der Waals surface area contributed by atoms with E-state index in [-0.39, 0.29) is 0 Å². The molecule has 0 amide bonds. The van der Waals surface area contributed by atoms with E-state index in [4.69, 9.17) is 10.5 Å². The fraction of sp³-hybridized carbons (Fsp3) is 0.231. The summed E-state index contributed by atoms with van der Waals surface area (Å²) in [7, 11) is 0. The Morgan fingerprint density at radius 3 is 2.94 bits per heavy atom. The average molecular weight is 282 g/mol. The van der Waals surface area contributed by atoms with E-state index in [1.807, 2.05) is 37.3 Å². The molecule has 0 saturated heterocycles. The van der Waals surface area contributed by atoms with E-state index in [1.54, 1.807) is 0 Å². The summed E-state index contributed by atoms with van der Waals surface area (Å²) >= 11 is 3.51. The van der Waals surface area contributed by atoms with E-state index in [0.717, 1.165) is 21.4 Å². The largest absolute Gasteiger partial charge is 0.488 e. The molecule has 16 heavy (non-hydrogen) atoms. The first kappa shape index (κ1) is 13.0. The minimum atomic E-state index is 0.530. The van der Waals surface area contributed by atoms with Crippen molar-refractivity contribution < 1.29 is 4.74 Å². The number of ether oxygens (including phenoxy) is 1. The van der Waals surface area contributed by atoms with Crippen LogP contribution in [0.4, 0.5) is 0 Å². The quantitative estimate of drug-likeness (QED) is 0.840. The lowest BCUT2D eigenvalue weighted by atomic mass is 10.2. The van der Waals surface area contributed by atoms with Crippen molar-refractivity contribution in [3.63, 3.8) is 0 Å². The normalized spacial score (nSPS) is 10.7. The number of hydrogen-bond acceptors (Lipinski definition) is 2. The van der Waals surface area contributed by atoms with E-state index in [0.29, 0.717) is 13.2 Å². The Kier molecular flexibility index (Phi) is 5.29. The molecule has 0 atom stereocenters. The van der Waals surface area contributed by atoms with Crippen molar-refractivity contribution in [2.45, 2.75) is 6.92 Å². The maximum atomic E-state index is 5.61. The molecule has 0 unspecified atom stereocenters. The fourth-order valence-corrected chi connectivity index (χ4v) is 1.67. The molecule has 2 N–H and O–H groups in total. The van der Waals surface area contributed by atoms with Crippen LogP contribution < -0.4 is 10.5 Å². The SMILES string of the molecule is C=C(C)COc1cccc(/C=C/CN)c1Br. The van der Waals surface area contributed by atoms with Crippen LogP contribution in [0.25, 0.3) is 6.08 Å². The summed E-state index contributed by atoms with van der Waals surface area (Å²) in [5, 5.41) is 0. The van der Waals surface area contributed by atoms with Crippen LogP contribution in [0.1, 0.15) is 12.5 Å². The van der Waals surface area contributed by atoms with E-state index in [1.165, 1.54) is 0 Å². The van der Waals surface area contributed by atoms with Crippen molar-refractivity contribution in [2.75, 3.05) is 13.2 Å². The molecule has 0 spiro atoms. The standard InChI is InChI=1S/C13H16BrNO/c1-10(2)9-16-12-7-3-5-11(13(12)14)6-4-8-15/h3-7H,1,8-9,15H2,2H3/b6-4+. The van der Waals surface area contributed by atoms with Crippen LogP contribution in [0.15, 0.2) is 40.9 Å². The Bertz CT molecular complexity index is 399. The zero-order chi connectivity index (χ0) is 12.0. The molecule has 1 aromatic rings. The molecule has 2 nitrogen and oxygen atoms in total. The molecular formula is C13H16BrNO. The van der Waals surface area contributed by atoms with E-state index in [2.05, 4.69) is 22.5 Å². The summed E-state index contributed by atoms with van der Waals surface area (Å²) in [5.41, 5.74) is 7.47. The fourth-order valence-electron chi connectivity index (χ4n) is 1.16. The van der Waals surface area contributed by atoms with E-state index < -0.39 is 0 Å². The van der Waals surface area contributed by atoms with Gasteiger partial charge in [-0.2, -0.15) is 0 Å². The van der Waals surface area contributed by atoms with Crippen LogP contribution in [0.3, 0.4) is 0 Å². The third-order valence-electron chi connectivity index (χ3n) is 1.90. The van der Waals surface area contributed by atoms with E-state index >= 15 is 0 Å². The number of benzene rings is 1. The van der Waals surface area contributed by atoms with Gasteiger partial charge in [0.2, 0.25) is 0 Å². The van der Waals surface area contributed by atoms with Crippen LogP contribution in [-0.4, -0.2) is 13.2 Å². The second-order valence-electron chi connectivity index (χ2n) is 3.54. The number of hydrogen-bond donors (Lipinski definition) is 1. The second kappa shape index (κ2) is 6.51. The third kappa shape index (κ3) is 3.83. The molecular weight excluding hydrogens is 266 g/mol. The summed E-state index contributed by atoms with van der Waals surface area (Å²) < 4.78 is 6.55. The van der Waals surface area contributed by atoms with Crippen molar-refractivity contribution in [3.8, 4) is 5.75 Å². The van der Waals surface area contributed by atoms with Crippen LogP contribution >= 0.6 is 15.9 Å². The summed E-state index contributed by atoms with van der Waals surface area (Å²) in [6.45, 7) is 6.80. The number of halogens is 1. The maximum Gasteiger partial charge on any atom is 0.134 e. The molecule has 86 valence electrons. The van der Waals surface area contributed by atoms with Gasteiger partial charge in [-0.25, -0.2) is 0 Å². The Labute approximate surface area is 105 Å². The third-order valence-corrected chi connectivity index (χ3v) is 2.75. The lowest BCUT2D eigenvalue weighted by Gasteiger charge is -2.09. The monoisotopic (exact) mass is 281 g/mol. The lowest BCUT2D eigenvalue weighted by molar-refractivity contribution is 0.350. The first-order valence-corrected chi connectivity index (χ1v) is 5.86. The molecule has 0 heterocycles. The molecule has 1 rings (SSSR count). The van der Waals surface area contributed by atoms with Gasteiger partial charge in [0.1, 0.15) is 12.4 Å². The van der Waals surface area contributed by atoms with Gasteiger partial charge in [-0.1, -0.05) is 30.9 Å². The van der Waals surface area contributed by atoms with Crippen molar-refractivity contribution in [1.82, 2.24) is 0 Å². The smallest absolute Gasteiger partial charge is 0.134 e. The van der Waals surface area contributed by atoms with Gasteiger partial charge in [-0.05, 0) is 40.1 Å². The van der Waals surface area contributed by atoms with Gasteiger partial charge in [0, 0.05) is 6.54 Å². The topological polar surface area (TPSA) is 35.2 Å². The summed E-state index contributed by atoms with van der Waals surface area (Å²) in [5.74, 6) is 0.821. The van der Waals surface area contributed by atoms with Crippen molar-refractivity contribution in [2.24, 2.45) is 5.73 Å². The predicted octanol–water partition coefficient (Wildman–Crippen LogP) is 3.38. The van der Waals surface area contributed by atoms with E-state index in [9.17, 15) is 0 Å². The highest BCUT2D eigenvalue weighted by atomic mass is 79.9. The summed E-state index contributed by atoms with van der Waals surface area (Å²) in [4.78, 5) is 0. The van der Waals surface area contributed by atoms with Gasteiger partial charge >= 0.3 is 0 Å². The maximum absolute atomic E-state index is 5.61.